The molecule has 1 N–H and O–H groups in total. The van der Waals surface area contributed by atoms with Gasteiger partial charge in [0, 0.05) is 5.92 Å². The molecule has 2 rings (SSSR count). The molecule has 0 bridgehead atoms. The van der Waals surface area contributed by atoms with Crippen LogP contribution in [0.1, 0.15) is 34.1 Å². The number of allylic oxidation sites excluding steroid dienone is 2. The third kappa shape index (κ3) is 2.85. The van der Waals surface area contributed by atoms with E-state index in [1.54, 1.807) is 0 Å². The highest BCUT2D eigenvalue weighted by atomic mass is 16.7. The lowest BCUT2D eigenvalue weighted by Gasteiger charge is -2.39. The fourth-order valence-corrected chi connectivity index (χ4v) is 3.06. The minimum atomic E-state index is -0.577. The first kappa shape index (κ1) is 13.8. The van der Waals surface area contributed by atoms with Gasteiger partial charge in [0.1, 0.15) is 0 Å². The maximum Gasteiger partial charge on any atom is 0.185 e. The Morgan fingerprint density at radius 2 is 1.89 bits per heavy atom. The van der Waals surface area contributed by atoms with Crippen LogP contribution in [0.3, 0.4) is 0 Å². The molecule has 1 saturated heterocycles. The first-order valence-corrected chi connectivity index (χ1v) is 6.66. The van der Waals surface area contributed by atoms with Crippen LogP contribution in [0.25, 0.3) is 0 Å². The van der Waals surface area contributed by atoms with E-state index >= 15 is 0 Å². The van der Waals surface area contributed by atoms with Crippen LogP contribution < -0.4 is 0 Å². The molecule has 0 aromatic rings. The highest BCUT2D eigenvalue weighted by Crippen LogP contribution is 2.42. The fourth-order valence-electron chi connectivity index (χ4n) is 3.06. The molecule has 102 valence electrons. The Labute approximate surface area is 109 Å². The molecule has 1 aliphatic carbocycles. The van der Waals surface area contributed by atoms with Crippen molar-refractivity contribution in [1.82, 2.24) is 0 Å². The second-order valence-corrected chi connectivity index (χ2v) is 6.22. The Bertz CT molecular complexity index is 362. The third-order valence-electron chi connectivity index (χ3n) is 3.98. The van der Waals surface area contributed by atoms with E-state index in [4.69, 9.17) is 9.47 Å². The summed E-state index contributed by atoms with van der Waals surface area (Å²) in [7, 11) is 0. The van der Waals surface area contributed by atoms with Crippen LogP contribution in [-0.4, -0.2) is 30.2 Å². The summed E-state index contributed by atoms with van der Waals surface area (Å²) in [4.78, 5) is 0. The summed E-state index contributed by atoms with van der Waals surface area (Å²) in [6.07, 6.45) is 6.61. The van der Waals surface area contributed by atoms with Crippen LogP contribution in [0.2, 0.25) is 0 Å². The van der Waals surface area contributed by atoms with Crippen molar-refractivity contribution in [2.75, 3.05) is 13.2 Å². The number of rotatable bonds is 2. The largest absolute Gasteiger partial charge is 0.389 e. The van der Waals surface area contributed by atoms with Crippen molar-refractivity contribution in [1.29, 1.82) is 0 Å². The van der Waals surface area contributed by atoms with Gasteiger partial charge in [0.15, 0.2) is 5.79 Å². The quantitative estimate of drug-likeness (QED) is 0.768. The summed E-state index contributed by atoms with van der Waals surface area (Å²) in [6, 6.07) is 0. The highest BCUT2D eigenvalue weighted by Gasteiger charge is 2.36. The molecule has 1 heterocycles. The molecule has 1 fully saturated rings. The van der Waals surface area contributed by atoms with Crippen LogP contribution >= 0.6 is 0 Å². The average Bonchev–Trinajstić information content (AvgIpc) is 2.62. The van der Waals surface area contributed by atoms with Gasteiger partial charge in [-0.25, -0.2) is 0 Å². The second kappa shape index (κ2) is 4.80. The van der Waals surface area contributed by atoms with Crippen LogP contribution in [0, 0.1) is 11.3 Å². The third-order valence-corrected chi connectivity index (χ3v) is 3.98. The number of hydrogen-bond acceptors (Lipinski definition) is 3. The van der Waals surface area contributed by atoms with Gasteiger partial charge in [-0.2, -0.15) is 0 Å². The van der Waals surface area contributed by atoms with Crippen LogP contribution in [-0.2, 0) is 9.47 Å². The lowest BCUT2D eigenvalue weighted by atomic mass is 9.67. The molecule has 18 heavy (non-hydrogen) atoms. The molecule has 0 aromatic carbocycles. The average molecular weight is 252 g/mol. The maximum atomic E-state index is 9.81. The summed E-state index contributed by atoms with van der Waals surface area (Å²) >= 11 is 0. The minimum absolute atomic E-state index is 0.0592. The van der Waals surface area contributed by atoms with Gasteiger partial charge in [-0.1, -0.05) is 31.6 Å². The van der Waals surface area contributed by atoms with Gasteiger partial charge in [0.25, 0.3) is 0 Å². The lowest BCUT2D eigenvalue weighted by molar-refractivity contribution is -0.100. The van der Waals surface area contributed by atoms with Gasteiger partial charge in [-0.05, 0) is 31.8 Å². The fraction of sp³-hybridized carbons (Fsp3) is 0.733. The molecule has 3 heteroatoms. The number of ether oxygens (including phenoxy) is 2. The predicted octanol–water partition coefficient (Wildman–Crippen LogP) is 2.66. The van der Waals surface area contributed by atoms with Crippen molar-refractivity contribution < 1.29 is 14.6 Å². The van der Waals surface area contributed by atoms with Crippen molar-refractivity contribution in [3.8, 4) is 0 Å². The van der Waals surface area contributed by atoms with Gasteiger partial charge in [-0.15, -0.1) is 0 Å². The monoisotopic (exact) mass is 252 g/mol. The van der Waals surface area contributed by atoms with Crippen LogP contribution in [0.15, 0.2) is 23.8 Å². The van der Waals surface area contributed by atoms with Crippen molar-refractivity contribution in [2.24, 2.45) is 11.3 Å². The molecular weight excluding hydrogens is 228 g/mol. The molecule has 0 saturated carbocycles. The first-order chi connectivity index (χ1) is 8.32. The maximum absolute atomic E-state index is 9.81. The SMILES string of the molecule is CC1=CC(O)CC(C)(C)C1C=CC1(C)OCCO1. The zero-order chi connectivity index (χ0) is 13.4. The summed E-state index contributed by atoms with van der Waals surface area (Å²) in [6.45, 7) is 9.73. The van der Waals surface area contributed by atoms with E-state index in [0.29, 0.717) is 19.1 Å². The standard InChI is InChI=1S/C15H24O3/c1-11-9-12(16)10-14(2,3)13(11)5-6-15(4)17-7-8-18-15/h5-6,9,12-13,16H,7-8,10H2,1-4H3. The molecule has 0 spiro atoms. The van der Waals surface area contributed by atoms with Gasteiger partial charge in [0.2, 0.25) is 0 Å². The summed E-state index contributed by atoms with van der Waals surface area (Å²) in [5, 5.41) is 9.81. The van der Waals surface area contributed by atoms with E-state index in [1.807, 2.05) is 19.1 Å². The van der Waals surface area contributed by atoms with E-state index in [2.05, 4.69) is 26.8 Å². The topological polar surface area (TPSA) is 38.7 Å². The Kier molecular flexibility index (Phi) is 3.67. The Morgan fingerprint density at radius 3 is 2.44 bits per heavy atom. The summed E-state index contributed by atoms with van der Waals surface area (Å²) in [5.74, 6) is -0.252. The first-order valence-electron chi connectivity index (χ1n) is 6.66. The van der Waals surface area contributed by atoms with Crippen LogP contribution in [0.5, 0.6) is 0 Å². The number of hydrogen-bond donors (Lipinski definition) is 1. The molecule has 0 amide bonds. The molecule has 2 atom stereocenters. The Morgan fingerprint density at radius 1 is 1.28 bits per heavy atom. The Hall–Kier alpha value is -0.640. The normalized spacial score (nSPS) is 34.8. The summed E-state index contributed by atoms with van der Waals surface area (Å²) < 4.78 is 11.2. The molecule has 0 radical (unpaired) electrons. The minimum Gasteiger partial charge on any atom is -0.389 e. The van der Waals surface area contributed by atoms with Crippen molar-refractivity contribution in [2.45, 2.75) is 46.0 Å². The molecule has 0 aromatic heterocycles. The highest BCUT2D eigenvalue weighted by molar-refractivity contribution is 5.22. The van der Waals surface area contributed by atoms with E-state index in [9.17, 15) is 5.11 Å². The molecule has 2 aliphatic rings. The van der Waals surface area contributed by atoms with Crippen LogP contribution in [0.4, 0.5) is 0 Å². The van der Waals surface area contributed by atoms with E-state index in [-0.39, 0.29) is 11.5 Å². The van der Waals surface area contributed by atoms with Crippen molar-refractivity contribution in [3.63, 3.8) is 0 Å². The summed E-state index contributed by atoms with van der Waals surface area (Å²) in [5.41, 5.74) is 1.28. The number of aliphatic hydroxyl groups is 1. The van der Waals surface area contributed by atoms with Gasteiger partial charge >= 0.3 is 0 Å². The van der Waals surface area contributed by atoms with Gasteiger partial charge in [0.05, 0.1) is 19.3 Å². The zero-order valence-electron chi connectivity index (χ0n) is 11.8. The predicted molar refractivity (Wildman–Crippen MR) is 71.1 cm³/mol. The van der Waals surface area contributed by atoms with Gasteiger partial charge < -0.3 is 14.6 Å². The molecule has 1 aliphatic heterocycles. The Balaban J connectivity index is 2.16. The van der Waals surface area contributed by atoms with Gasteiger partial charge in [-0.3, -0.25) is 0 Å². The smallest absolute Gasteiger partial charge is 0.185 e. The molecule has 3 nitrogen and oxygen atoms in total. The van der Waals surface area contributed by atoms with Crippen molar-refractivity contribution >= 4 is 0 Å². The van der Waals surface area contributed by atoms with E-state index in [1.165, 1.54) is 5.57 Å². The van der Waals surface area contributed by atoms with E-state index < -0.39 is 5.79 Å². The molecular formula is C15H24O3. The number of aliphatic hydroxyl groups excluding tert-OH is 1. The lowest BCUT2D eigenvalue weighted by Crippen LogP contribution is -2.33. The second-order valence-electron chi connectivity index (χ2n) is 6.22. The van der Waals surface area contributed by atoms with E-state index in [0.717, 1.165) is 6.42 Å². The molecule has 2 unspecified atom stereocenters. The zero-order valence-corrected chi connectivity index (χ0v) is 11.8. The van der Waals surface area contributed by atoms with Crippen molar-refractivity contribution in [3.05, 3.63) is 23.8 Å².